The summed E-state index contributed by atoms with van der Waals surface area (Å²) in [4.78, 5) is 12.6. The van der Waals surface area contributed by atoms with Crippen LogP contribution in [0.25, 0.3) is 0 Å². The third-order valence-electron chi connectivity index (χ3n) is 4.67. The molecule has 4 heteroatoms. The summed E-state index contributed by atoms with van der Waals surface area (Å²) in [6.45, 7) is 0. The molecule has 0 radical (unpaired) electrons. The largest absolute Gasteiger partial charge is 0.298 e. The second-order valence-corrected chi connectivity index (χ2v) is 6.18. The molecule has 0 N–H and O–H groups in total. The van der Waals surface area contributed by atoms with E-state index in [2.05, 4.69) is 6.07 Å². The molecule has 20 heavy (non-hydrogen) atoms. The zero-order valence-corrected chi connectivity index (χ0v) is 11.7. The fraction of sp³-hybridized carbons (Fsp3) is 0.500. The molecule has 0 bridgehead atoms. The van der Waals surface area contributed by atoms with Gasteiger partial charge in [0, 0.05) is 10.9 Å². The predicted molar refractivity (Wildman–Crippen MR) is 73.7 cm³/mol. The minimum Gasteiger partial charge on any atom is -0.298 e. The highest BCUT2D eigenvalue weighted by atomic mass is 35.5. The summed E-state index contributed by atoms with van der Waals surface area (Å²) < 4.78 is 13.1. The Morgan fingerprint density at radius 1 is 1.35 bits per heavy atom. The second kappa shape index (κ2) is 5.18. The Kier molecular flexibility index (Phi) is 3.52. The van der Waals surface area contributed by atoms with Gasteiger partial charge in [-0.25, -0.2) is 4.39 Å². The molecule has 0 heterocycles. The van der Waals surface area contributed by atoms with Crippen molar-refractivity contribution in [3.8, 4) is 6.07 Å². The first-order valence-corrected chi connectivity index (χ1v) is 7.39. The fourth-order valence-electron chi connectivity index (χ4n) is 3.63. The number of hydrogen-bond acceptors (Lipinski definition) is 2. The van der Waals surface area contributed by atoms with Crippen LogP contribution in [-0.4, -0.2) is 5.78 Å². The zero-order chi connectivity index (χ0) is 14.3. The molecule has 2 aliphatic carbocycles. The summed E-state index contributed by atoms with van der Waals surface area (Å²) in [6.07, 6.45) is 4.55. The van der Waals surface area contributed by atoms with Gasteiger partial charge < -0.3 is 0 Å². The highest BCUT2D eigenvalue weighted by Gasteiger charge is 2.56. The van der Waals surface area contributed by atoms with E-state index in [1.54, 1.807) is 0 Å². The highest BCUT2D eigenvalue weighted by Crippen LogP contribution is 2.57. The number of benzene rings is 1. The zero-order valence-electron chi connectivity index (χ0n) is 11.0. The van der Waals surface area contributed by atoms with Crippen LogP contribution in [0.2, 0.25) is 5.02 Å². The van der Waals surface area contributed by atoms with Gasteiger partial charge in [0.05, 0.1) is 6.07 Å². The van der Waals surface area contributed by atoms with Gasteiger partial charge in [-0.2, -0.15) is 5.26 Å². The lowest BCUT2D eigenvalue weighted by atomic mass is 9.92. The molecule has 0 spiro atoms. The minimum absolute atomic E-state index is 0.0169. The molecule has 2 aliphatic rings. The first kappa shape index (κ1) is 13.6. The summed E-state index contributed by atoms with van der Waals surface area (Å²) in [5.74, 6) is -0.402. The number of hydrogen-bond donors (Lipinski definition) is 0. The van der Waals surface area contributed by atoms with Crippen LogP contribution in [0.1, 0.15) is 37.2 Å². The quantitative estimate of drug-likeness (QED) is 0.841. The van der Waals surface area contributed by atoms with Crippen LogP contribution in [0.15, 0.2) is 18.2 Å². The smallest absolute Gasteiger partial charge is 0.158 e. The van der Waals surface area contributed by atoms with Gasteiger partial charge in [-0.3, -0.25) is 4.79 Å². The standard InChI is InChI=1S/C16H15ClFNO/c17-14-7-9(18)5-6-10(14)13(8-19)16(20)15-11-3-1-2-4-12(11)15/h5-7,11-13,15H,1-4H2. The molecule has 3 unspecified atom stereocenters. The molecule has 2 saturated carbocycles. The van der Waals surface area contributed by atoms with Crippen molar-refractivity contribution in [1.29, 1.82) is 5.26 Å². The Morgan fingerprint density at radius 3 is 2.55 bits per heavy atom. The number of ketones is 1. The van der Waals surface area contributed by atoms with Crippen LogP contribution in [0.3, 0.4) is 0 Å². The molecule has 0 aliphatic heterocycles. The molecule has 2 fully saturated rings. The predicted octanol–water partition coefficient (Wildman–Crippen LogP) is 4.09. The third kappa shape index (κ3) is 2.23. The maximum absolute atomic E-state index is 13.1. The Bertz CT molecular complexity index is 583. The van der Waals surface area contributed by atoms with E-state index < -0.39 is 11.7 Å². The van der Waals surface area contributed by atoms with Crippen LogP contribution in [0, 0.1) is 34.9 Å². The number of halogens is 2. The monoisotopic (exact) mass is 291 g/mol. The average molecular weight is 292 g/mol. The van der Waals surface area contributed by atoms with E-state index >= 15 is 0 Å². The lowest BCUT2D eigenvalue weighted by Crippen LogP contribution is -2.15. The van der Waals surface area contributed by atoms with E-state index in [1.165, 1.54) is 25.0 Å². The SMILES string of the molecule is N#CC(C(=O)C1C2CCCCC21)c1ccc(F)cc1Cl. The summed E-state index contributed by atoms with van der Waals surface area (Å²) in [6, 6.07) is 5.92. The molecule has 1 aromatic carbocycles. The molecule has 3 atom stereocenters. The van der Waals surface area contributed by atoms with Crippen molar-refractivity contribution in [2.24, 2.45) is 17.8 Å². The van der Waals surface area contributed by atoms with E-state index in [9.17, 15) is 14.4 Å². The molecule has 1 aromatic rings. The van der Waals surface area contributed by atoms with E-state index in [1.807, 2.05) is 0 Å². The van der Waals surface area contributed by atoms with Crippen molar-refractivity contribution >= 4 is 17.4 Å². The van der Waals surface area contributed by atoms with E-state index in [4.69, 9.17) is 11.6 Å². The van der Waals surface area contributed by atoms with Crippen LogP contribution in [0.4, 0.5) is 4.39 Å². The normalized spacial score (nSPS) is 29.1. The minimum atomic E-state index is -0.862. The van der Waals surface area contributed by atoms with Crippen molar-refractivity contribution < 1.29 is 9.18 Å². The Labute approximate surface area is 122 Å². The van der Waals surface area contributed by atoms with Crippen molar-refractivity contribution in [2.45, 2.75) is 31.6 Å². The van der Waals surface area contributed by atoms with Gasteiger partial charge in [0.15, 0.2) is 5.78 Å². The average Bonchev–Trinajstić information content (AvgIpc) is 3.16. The van der Waals surface area contributed by atoms with Crippen molar-refractivity contribution in [1.82, 2.24) is 0 Å². The Hall–Kier alpha value is -1.40. The molecule has 0 aromatic heterocycles. The summed E-state index contributed by atoms with van der Waals surface area (Å²) in [7, 11) is 0. The molecular weight excluding hydrogens is 277 g/mol. The number of fused-ring (bicyclic) bond motifs is 1. The highest BCUT2D eigenvalue weighted by molar-refractivity contribution is 6.31. The van der Waals surface area contributed by atoms with Crippen molar-refractivity contribution in [3.05, 3.63) is 34.6 Å². The lowest BCUT2D eigenvalue weighted by Gasteiger charge is -2.10. The summed E-state index contributed by atoms with van der Waals surface area (Å²) in [5.41, 5.74) is 0.434. The Balaban J connectivity index is 1.83. The summed E-state index contributed by atoms with van der Waals surface area (Å²) >= 11 is 5.98. The van der Waals surface area contributed by atoms with E-state index in [0.29, 0.717) is 17.4 Å². The van der Waals surface area contributed by atoms with Gasteiger partial charge in [-0.15, -0.1) is 0 Å². The first-order chi connectivity index (χ1) is 9.63. The molecule has 2 nitrogen and oxygen atoms in total. The third-order valence-corrected chi connectivity index (χ3v) is 5.00. The topological polar surface area (TPSA) is 40.9 Å². The van der Waals surface area contributed by atoms with Crippen molar-refractivity contribution in [3.63, 3.8) is 0 Å². The van der Waals surface area contributed by atoms with E-state index in [-0.39, 0.29) is 16.7 Å². The fourth-order valence-corrected chi connectivity index (χ4v) is 3.91. The Morgan fingerprint density at radius 2 is 2.00 bits per heavy atom. The number of carbonyl (C=O) groups excluding carboxylic acids is 1. The van der Waals surface area contributed by atoms with E-state index in [0.717, 1.165) is 18.9 Å². The van der Waals surface area contributed by atoms with Crippen LogP contribution in [-0.2, 0) is 4.79 Å². The molecule has 0 amide bonds. The number of rotatable bonds is 3. The van der Waals surface area contributed by atoms with Gasteiger partial charge >= 0.3 is 0 Å². The first-order valence-electron chi connectivity index (χ1n) is 7.01. The van der Waals surface area contributed by atoms with Gasteiger partial charge in [0.25, 0.3) is 0 Å². The molecule has 0 saturated heterocycles. The summed E-state index contributed by atoms with van der Waals surface area (Å²) in [5, 5.41) is 9.49. The second-order valence-electron chi connectivity index (χ2n) is 5.77. The number of carbonyl (C=O) groups is 1. The van der Waals surface area contributed by atoms with Crippen LogP contribution >= 0.6 is 11.6 Å². The molecule has 3 rings (SSSR count). The van der Waals surface area contributed by atoms with Gasteiger partial charge in [0.1, 0.15) is 11.7 Å². The number of nitrogens with zero attached hydrogens (tertiary/aromatic N) is 1. The lowest BCUT2D eigenvalue weighted by molar-refractivity contribution is -0.121. The van der Waals surface area contributed by atoms with Crippen LogP contribution in [0.5, 0.6) is 0 Å². The van der Waals surface area contributed by atoms with Gasteiger partial charge in [0.2, 0.25) is 0 Å². The van der Waals surface area contributed by atoms with Gasteiger partial charge in [-0.05, 0) is 42.4 Å². The van der Waals surface area contributed by atoms with Crippen LogP contribution < -0.4 is 0 Å². The number of nitriles is 1. The molecule has 104 valence electrons. The molecular formula is C16H15ClFNO. The number of Topliss-reactive ketones (excluding diaryl/α,β-unsaturated/α-hetero) is 1. The van der Waals surface area contributed by atoms with Gasteiger partial charge in [-0.1, -0.05) is 30.5 Å². The maximum atomic E-state index is 13.1. The van der Waals surface area contributed by atoms with Crippen molar-refractivity contribution in [2.75, 3.05) is 0 Å². The maximum Gasteiger partial charge on any atom is 0.158 e.